The van der Waals surface area contributed by atoms with Gasteiger partial charge in [0.15, 0.2) is 0 Å². The fourth-order valence-electron chi connectivity index (χ4n) is 2.32. The molecule has 0 atom stereocenters. The molecule has 0 aliphatic heterocycles. The van der Waals surface area contributed by atoms with Crippen LogP contribution in [0.25, 0.3) is 10.6 Å². The molecule has 0 aliphatic carbocycles. The Hall–Kier alpha value is -2.18. The van der Waals surface area contributed by atoms with Gasteiger partial charge in [0.25, 0.3) is 0 Å². The standard InChI is InChI=1S/C19H16F3NOS/c1-13-17(12-24-11-14-5-3-2-4-6-14)25-18(23-13)15-7-9-16(10-8-15)19(20,21)22/h2-10H,11-12H2,1H3. The van der Waals surface area contributed by atoms with Crippen LogP contribution in [0.1, 0.15) is 21.7 Å². The van der Waals surface area contributed by atoms with Crippen molar-refractivity contribution in [3.63, 3.8) is 0 Å². The lowest BCUT2D eigenvalue weighted by Gasteiger charge is -2.06. The van der Waals surface area contributed by atoms with Gasteiger partial charge in [-0.3, -0.25) is 0 Å². The Labute approximate surface area is 147 Å². The third-order valence-electron chi connectivity index (χ3n) is 3.70. The monoisotopic (exact) mass is 363 g/mol. The Balaban J connectivity index is 1.67. The molecular formula is C19H16F3NOS. The van der Waals surface area contributed by atoms with Crippen molar-refractivity contribution in [1.29, 1.82) is 0 Å². The smallest absolute Gasteiger partial charge is 0.371 e. The number of aromatic nitrogens is 1. The molecule has 0 unspecified atom stereocenters. The average Bonchev–Trinajstić information content (AvgIpc) is 2.96. The zero-order valence-corrected chi connectivity index (χ0v) is 14.3. The van der Waals surface area contributed by atoms with Gasteiger partial charge in [-0.2, -0.15) is 13.2 Å². The van der Waals surface area contributed by atoms with E-state index in [1.54, 1.807) is 0 Å². The molecule has 0 N–H and O–H groups in total. The second kappa shape index (κ2) is 7.37. The van der Waals surface area contributed by atoms with Crippen LogP contribution in [0.2, 0.25) is 0 Å². The number of nitrogens with zero attached hydrogens (tertiary/aromatic N) is 1. The summed E-state index contributed by atoms with van der Waals surface area (Å²) in [6.45, 7) is 2.82. The first-order valence-electron chi connectivity index (χ1n) is 7.69. The van der Waals surface area contributed by atoms with Gasteiger partial charge in [-0.05, 0) is 24.6 Å². The maximum Gasteiger partial charge on any atom is 0.416 e. The van der Waals surface area contributed by atoms with Crippen LogP contribution in [0.3, 0.4) is 0 Å². The predicted molar refractivity (Wildman–Crippen MR) is 92.2 cm³/mol. The molecule has 0 fully saturated rings. The van der Waals surface area contributed by atoms with Crippen molar-refractivity contribution in [3.8, 4) is 10.6 Å². The summed E-state index contributed by atoms with van der Waals surface area (Å²) < 4.78 is 43.6. The molecule has 1 heterocycles. The molecule has 0 saturated carbocycles. The van der Waals surface area contributed by atoms with Gasteiger partial charge in [0, 0.05) is 5.56 Å². The van der Waals surface area contributed by atoms with Crippen LogP contribution in [-0.4, -0.2) is 4.98 Å². The quantitative estimate of drug-likeness (QED) is 0.567. The maximum absolute atomic E-state index is 12.6. The van der Waals surface area contributed by atoms with Crippen molar-refractivity contribution >= 4 is 11.3 Å². The highest BCUT2D eigenvalue weighted by Crippen LogP contribution is 2.33. The molecule has 3 rings (SSSR count). The van der Waals surface area contributed by atoms with Gasteiger partial charge in [0.05, 0.1) is 29.3 Å². The molecule has 130 valence electrons. The topological polar surface area (TPSA) is 22.1 Å². The summed E-state index contributed by atoms with van der Waals surface area (Å²) in [5.74, 6) is 0. The highest BCUT2D eigenvalue weighted by atomic mass is 32.1. The summed E-state index contributed by atoms with van der Waals surface area (Å²) in [6, 6.07) is 14.9. The van der Waals surface area contributed by atoms with Crippen LogP contribution in [-0.2, 0) is 24.1 Å². The van der Waals surface area contributed by atoms with Gasteiger partial charge in [0.1, 0.15) is 5.01 Å². The molecule has 0 spiro atoms. The fourth-order valence-corrected chi connectivity index (χ4v) is 3.33. The largest absolute Gasteiger partial charge is 0.416 e. The van der Waals surface area contributed by atoms with E-state index >= 15 is 0 Å². The van der Waals surface area contributed by atoms with E-state index in [4.69, 9.17) is 4.74 Å². The highest BCUT2D eigenvalue weighted by molar-refractivity contribution is 7.15. The Morgan fingerprint density at radius 1 is 0.960 bits per heavy atom. The summed E-state index contributed by atoms with van der Waals surface area (Å²) in [5.41, 5.74) is 1.95. The van der Waals surface area contributed by atoms with Crippen molar-refractivity contribution in [3.05, 3.63) is 76.3 Å². The first kappa shape index (κ1) is 17.6. The van der Waals surface area contributed by atoms with E-state index in [-0.39, 0.29) is 0 Å². The third-order valence-corrected chi connectivity index (χ3v) is 4.88. The normalized spacial score (nSPS) is 11.7. The van der Waals surface area contributed by atoms with Crippen LogP contribution < -0.4 is 0 Å². The first-order chi connectivity index (χ1) is 11.9. The lowest BCUT2D eigenvalue weighted by Crippen LogP contribution is -2.03. The number of ether oxygens (including phenoxy) is 1. The first-order valence-corrected chi connectivity index (χ1v) is 8.51. The summed E-state index contributed by atoms with van der Waals surface area (Å²) in [4.78, 5) is 5.43. The van der Waals surface area contributed by atoms with Gasteiger partial charge < -0.3 is 4.74 Å². The molecule has 6 heteroatoms. The van der Waals surface area contributed by atoms with Gasteiger partial charge in [-0.15, -0.1) is 11.3 Å². The van der Waals surface area contributed by atoms with Gasteiger partial charge in [0.2, 0.25) is 0 Å². The van der Waals surface area contributed by atoms with Gasteiger partial charge >= 0.3 is 6.18 Å². The van der Waals surface area contributed by atoms with Crippen molar-refractivity contribution in [2.45, 2.75) is 26.3 Å². The van der Waals surface area contributed by atoms with Crippen molar-refractivity contribution in [2.24, 2.45) is 0 Å². The minimum Gasteiger partial charge on any atom is -0.371 e. The Kier molecular flexibility index (Phi) is 5.20. The third kappa shape index (κ3) is 4.46. The van der Waals surface area contributed by atoms with Crippen molar-refractivity contribution in [2.75, 3.05) is 0 Å². The van der Waals surface area contributed by atoms with Crippen LogP contribution in [0.15, 0.2) is 54.6 Å². The number of benzene rings is 2. The number of aryl methyl sites for hydroxylation is 1. The predicted octanol–water partition coefficient (Wildman–Crippen LogP) is 5.85. The fraction of sp³-hybridized carbons (Fsp3) is 0.211. The Morgan fingerprint density at radius 3 is 2.28 bits per heavy atom. The SMILES string of the molecule is Cc1nc(-c2ccc(C(F)(F)F)cc2)sc1COCc1ccccc1. The van der Waals surface area contributed by atoms with E-state index in [1.807, 2.05) is 37.3 Å². The highest BCUT2D eigenvalue weighted by Gasteiger charge is 2.30. The van der Waals surface area contributed by atoms with E-state index in [0.717, 1.165) is 28.3 Å². The Morgan fingerprint density at radius 2 is 1.64 bits per heavy atom. The van der Waals surface area contributed by atoms with E-state index in [1.165, 1.54) is 23.5 Å². The minimum absolute atomic E-state index is 0.430. The summed E-state index contributed by atoms with van der Waals surface area (Å²) in [5, 5.41) is 0.699. The molecule has 2 aromatic carbocycles. The van der Waals surface area contributed by atoms with E-state index in [0.29, 0.717) is 23.8 Å². The van der Waals surface area contributed by atoms with Crippen LogP contribution in [0.5, 0.6) is 0 Å². The molecule has 25 heavy (non-hydrogen) atoms. The lowest BCUT2D eigenvalue weighted by atomic mass is 10.1. The Bertz CT molecular complexity index is 826. The summed E-state index contributed by atoms with van der Waals surface area (Å²) in [6.07, 6.45) is -4.33. The van der Waals surface area contributed by atoms with Gasteiger partial charge in [-0.1, -0.05) is 42.5 Å². The van der Waals surface area contributed by atoms with E-state index in [9.17, 15) is 13.2 Å². The van der Waals surface area contributed by atoms with Crippen molar-refractivity contribution in [1.82, 2.24) is 4.98 Å². The lowest BCUT2D eigenvalue weighted by molar-refractivity contribution is -0.137. The molecule has 0 radical (unpaired) electrons. The summed E-state index contributed by atoms with van der Waals surface area (Å²) in [7, 11) is 0. The molecule has 0 saturated heterocycles. The van der Waals surface area contributed by atoms with Crippen LogP contribution in [0.4, 0.5) is 13.2 Å². The molecule has 3 aromatic rings. The number of hydrogen-bond acceptors (Lipinski definition) is 3. The van der Waals surface area contributed by atoms with E-state index in [2.05, 4.69) is 4.98 Å². The molecule has 0 bridgehead atoms. The molecule has 0 amide bonds. The molecule has 0 aliphatic rings. The maximum atomic E-state index is 12.6. The zero-order valence-electron chi connectivity index (χ0n) is 13.5. The molecule has 1 aromatic heterocycles. The number of hydrogen-bond donors (Lipinski definition) is 0. The number of alkyl halides is 3. The van der Waals surface area contributed by atoms with Crippen LogP contribution >= 0.6 is 11.3 Å². The number of halogens is 3. The molecular weight excluding hydrogens is 347 g/mol. The van der Waals surface area contributed by atoms with Crippen molar-refractivity contribution < 1.29 is 17.9 Å². The minimum atomic E-state index is -4.33. The average molecular weight is 363 g/mol. The number of rotatable bonds is 5. The van der Waals surface area contributed by atoms with Gasteiger partial charge in [-0.25, -0.2) is 4.98 Å². The number of thiazole rings is 1. The molecule has 2 nitrogen and oxygen atoms in total. The summed E-state index contributed by atoms with van der Waals surface area (Å²) >= 11 is 1.44. The van der Waals surface area contributed by atoms with E-state index < -0.39 is 11.7 Å². The zero-order chi connectivity index (χ0) is 17.9. The second-order valence-electron chi connectivity index (χ2n) is 5.58. The van der Waals surface area contributed by atoms with Crippen LogP contribution in [0, 0.1) is 6.92 Å². The second-order valence-corrected chi connectivity index (χ2v) is 6.66.